The van der Waals surface area contributed by atoms with Crippen molar-refractivity contribution in [3.05, 3.63) is 46.8 Å². The lowest BCUT2D eigenvalue weighted by atomic mass is 10.1. The highest BCUT2D eigenvalue weighted by Gasteiger charge is 2.30. The second-order valence-corrected chi connectivity index (χ2v) is 6.13. The summed E-state index contributed by atoms with van der Waals surface area (Å²) in [5.74, 6) is -0.282. The first-order valence-corrected chi connectivity index (χ1v) is 8.27. The summed E-state index contributed by atoms with van der Waals surface area (Å²) in [6.45, 7) is 4.24. The van der Waals surface area contributed by atoms with Gasteiger partial charge >= 0.3 is 5.97 Å². The summed E-state index contributed by atoms with van der Waals surface area (Å²) in [5.41, 5.74) is 1.13. The summed E-state index contributed by atoms with van der Waals surface area (Å²) in [7, 11) is 0. The number of carbonyl (C=O) groups is 2. The Labute approximate surface area is 150 Å². The van der Waals surface area contributed by atoms with Gasteiger partial charge in [-0.15, -0.1) is 0 Å². The van der Waals surface area contributed by atoms with Gasteiger partial charge in [0.2, 0.25) is 0 Å². The van der Waals surface area contributed by atoms with E-state index in [4.69, 9.17) is 19.1 Å². The third-order valence-corrected chi connectivity index (χ3v) is 4.26. The maximum absolute atomic E-state index is 12.5. The molecule has 1 aliphatic heterocycles. The van der Waals surface area contributed by atoms with E-state index in [2.05, 4.69) is 10.5 Å². The number of carboxylic acid groups (broad SMARTS) is 1. The van der Waals surface area contributed by atoms with E-state index in [9.17, 15) is 9.59 Å². The Morgan fingerprint density at radius 1 is 1.27 bits per heavy atom. The molecule has 1 aromatic heterocycles. The number of ether oxygens (including phenoxy) is 2. The second kappa shape index (κ2) is 7.57. The first kappa shape index (κ1) is 17.9. The van der Waals surface area contributed by atoms with Crippen LogP contribution in [-0.4, -0.2) is 47.5 Å². The lowest BCUT2D eigenvalue weighted by Crippen LogP contribution is -2.52. The van der Waals surface area contributed by atoms with Crippen molar-refractivity contribution in [1.29, 1.82) is 0 Å². The van der Waals surface area contributed by atoms with Gasteiger partial charge in [-0.05, 0) is 38.1 Å². The third kappa shape index (κ3) is 3.85. The zero-order chi connectivity index (χ0) is 18.7. The number of amides is 1. The van der Waals surface area contributed by atoms with Gasteiger partial charge in [0.1, 0.15) is 23.2 Å². The molecule has 0 bridgehead atoms. The highest BCUT2D eigenvalue weighted by atomic mass is 16.5. The van der Waals surface area contributed by atoms with Crippen molar-refractivity contribution in [2.45, 2.75) is 32.4 Å². The van der Waals surface area contributed by atoms with E-state index in [-0.39, 0.29) is 23.6 Å². The standard InChI is InChI=1S/C18H20N2O6/c1-10-16(11(2)26-20-10)17(21)19-14-9-24-8-7-15(14)25-13-5-3-12(4-6-13)18(22)23/h3-6,14-15H,7-9H2,1-2H3,(H,19,21)(H,22,23)/t14-,15-/m1/s1. The fraction of sp³-hybridized carbons (Fsp3) is 0.389. The molecule has 0 unspecified atom stereocenters. The highest BCUT2D eigenvalue weighted by molar-refractivity contribution is 5.96. The van der Waals surface area contributed by atoms with Gasteiger partial charge in [-0.25, -0.2) is 4.79 Å². The first-order valence-electron chi connectivity index (χ1n) is 8.27. The van der Waals surface area contributed by atoms with Gasteiger partial charge in [0.25, 0.3) is 5.91 Å². The molecule has 0 spiro atoms. The van der Waals surface area contributed by atoms with Gasteiger partial charge < -0.3 is 24.4 Å². The Kier molecular flexibility index (Phi) is 5.22. The predicted octanol–water partition coefficient (Wildman–Crippen LogP) is 1.96. The van der Waals surface area contributed by atoms with Gasteiger partial charge in [0.05, 0.1) is 30.5 Å². The number of hydrogen-bond donors (Lipinski definition) is 2. The average molecular weight is 360 g/mol. The molecule has 8 heteroatoms. The largest absolute Gasteiger partial charge is 0.488 e. The Morgan fingerprint density at radius 3 is 2.62 bits per heavy atom. The molecule has 8 nitrogen and oxygen atoms in total. The van der Waals surface area contributed by atoms with Crippen LogP contribution in [0.2, 0.25) is 0 Å². The van der Waals surface area contributed by atoms with Crippen LogP contribution >= 0.6 is 0 Å². The molecular weight excluding hydrogens is 340 g/mol. The summed E-state index contributed by atoms with van der Waals surface area (Å²) in [6, 6.07) is 5.82. The van der Waals surface area contributed by atoms with E-state index in [1.165, 1.54) is 12.1 Å². The fourth-order valence-corrected chi connectivity index (χ4v) is 2.89. The number of aromatic nitrogens is 1. The molecule has 26 heavy (non-hydrogen) atoms. The number of nitrogens with zero attached hydrogens (tertiary/aromatic N) is 1. The zero-order valence-electron chi connectivity index (χ0n) is 14.5. The van der Waals surface area contributed by atoms with Crippen molar-refractivity contribution in [2.24, 2.45) is 0 Å². The Hall–Kier alpha value is -2.87. The summed E-state index contributed by atoms with van der Waals surface area (Å²) in [5, 5.41) is 15.7. The smallest absolute Gasteiger partial charge is 0.335 e. The monoisotopic (exact) mass is 360 g/mol. The molecule has 2 atom stereocenters. The second-order valence-electron chi connectivity index (χ2n) is 6.13. The van der Waals surface area contributed by atoms with Crippen molar-refractivity contribution < 1.29 is 28.7 Å². The number of hydrogen-bond acceptors (Lipinski definition) is 6. The lowest BCUT2D eigenvalue weighted by molar-refractivity contribution is -0.00291. The van der Waals surface area contributed by atoms with Crippen LogP contribution in [0, 0.1) is 13.8 Å². The van der Waals surface area contributed by atoms with Crippen LogP contribution in [0.3, 0.4) is 0 Å². The molecule has 1 aliphatic rings. The number of carboxylic acids is 1. The summed E-state index contributed by atoms with van der Waals surface area (Å²) < 4.78 is 16.5. The van der Waals surface area contributed by atoms with Crippen LogP contribution in [0.15, 0.2) is 28.8 Å². The number of carbonyl (C=O) groups excluding carboxylic acids is 1. The summed E-state index contributed by atoms with van der Waals surface area (Å²) >= 11 is 0. The molecule has 1 saturated heterocycles. The van der Waals surface area contributed by atoms with E-state index >= 15 is 0 Å². The first-order chi connectivity index (χ1) is 12.5. The van der Waals surface area contributed by atoms with Crippen LogP contribution < -0.4 is 10.1 Å². The van der Waals surface area contributed by atoms with E-state index in [0.717, 1.165) is 0 Å². The molecule has 2 aromatic rings. The molecule has 1 fully saturated rings. The molecule has 1 amide bonds. The molecule has 0 aliphatic carbocycles. The van der Waals surface area contributed by atoms with Crippen LogP contribution in [0.25, 0.3) is 0 Å². The Bertz CT molecular complexity index is 779. The Balaban J connectivity index is 1.69. The SMILES string of the molecule is Cc1noc(C)c1C(=O)N[C@@H]1COCC[C@H]1Oc1ccc(C(=O)O)cc1. The van der Waals surface area contributed by atoms with Crippen molar-refractivity contribution in [2.75, 3.05) is 13.2 Å². The summed E-state index contributed by atoms with van der Waals surface area (Å²) in [4.78, 5) is 23.5. The molecule has 0 radical (unpaired) electrons. The minimum absolute atomic E-state index is 0.188. The molecule has 2 N–H and O–H groups in total. The topological polar surface area (TPSA) is 111 Å². The molecule has 138 valence electrons. The Morgan fingerprint density at radius 2 is 2.00 bits per heavy atom. The quantitative estimate of drug-likeness (QED) is 0.838. The van der Waals surface area contributed by atoms with Crippen LogP contribution in [0.4, 0.5) is 0 Å². The van der Waals surface area contributed by atoms with Gasteiger partial charge in [0, 0.05) is 6.42 Å². The number of aryl methyl sites for hydroxylation is 2. The zero-order valence-corrected chi connectivity index (χ0v) is 14.5. The van der Waals surface area contributed by atoms with Crippen molar-refractivity contribution >= 4 is 11.9 Å². The number of rotatable bonds is 5. The van der Waals surface area contributed by atoms with Crippen molar-refractivity contribution in [3.8, 4) is 5.75 Å². The molecule has 2 heterocycles. The number of aromatic carboxylic acids is 1. The minimum Gasteiger partial charge on any atom is -0.488 e. The number of benzene rings is 1. The van der Waals surface area contributed by atoms with Gasteiger partial charge in [0.15, 0.2) is 0 Å². The fourth-order valence-electron chi connectivity index (χ4n) is 2.89. The van der Waals surface area contributed by atoms with Crippen LogP contribution in [0.5, 0.6) is 5.75 Å². The predicted molar refractivity (Wildman–Crippen MR) is 90.5 cm³/mol. The van der Waals surface area contributed by atoms with E-state index in [1.54, 1.807) is 26.0 Å². The van der Waals surface area contributed by atoms with Gasteiger partial charge in [-0.1, -0.05) is 5.16 Å². The van der Waals surface area contributed by atoms with Gasteiger partial charge in [-0.2, -0.15) is 0 Å². The summed E-state index contributed by atoms with van der Waals surface area (Å²) in [6.07, 6.45) is 0.316. The molecular formula is C18H20N2O6. The van der Waals surface area contributed by atoms with Crippen LogP contribution in [0.1, 0.15) is 38.6 Å². The maximum atomic E-state index is 12.5. The normalized spacial score (nSPS) is 19.8. The third-order valence-electron chi connectivity index (χ3n) is 4.26. The minimum atomic E-state index is -0.993. The lowest BCUT2D eigenvalue weighted by Gasteiger charge is -2.32. The molecule has 3 rings (SSSR count). The average Bonchev–Trinajstić information content (AvgIpc) is 2.95. The van der Waals surface area contributed by atoms with Crippen molar-refractivity contribution in [1.82, 2.24) is 10.5 Å². The number of nitrogens with one attached hydrogen (secondary N) is 1. The highest BCUT2D eigenvalue weighted by Crippen LogP contribution is 2.20. The van der Waals surface area contributed by atoms with E-state index in [0.29, 0.717) is 42.4 Å². The van der Waals surface area contributed by atoms with Gasteiger partial charge in [-0.3, -0.25) is 4.79 Å². The van der Waals surface area contributed by atoms with Crippen molar-refractivity contribution in [3.63, 3.8) is 0 Å². The maximum Gasteiger partial charge on any atom is 0.335 e. The van der Waals surface area contributed by atoms with Crippen LogP contribution in [-0.2, 0) is 4.74 Å². The molecule has 1 aromatic carbocycles. The molecule has 0 saturated carbocycles. The van der Waals surface area contributed by atoms with E-state index < -0.39 is 5.97 Å². The van der Waals surface area contributed by atoms with E-state index in [1.807, 2.05) is 0 Å².